The molecular formula is C15H22N2O. The Balaban J connectivity index is 2.62. The Labute approximate surface area is 110 Å². The van der Waals surface area contributed by atoms with Crippen LogP contribution in [0.15, 0.2) is 18.2 Å². The van der Waals surface area contributed by atoms with E-state index < -0.39 is 0 Å². The molecule has 18 heavy (non-hydrogen) atoms. The lowest BCUT2D eigenvalue weighted by atomic mass is 10.1. The van der Waals surface area contributed by atoms with Crippen LogP contribution in [-0.4, -0.2) is 13.7 Å². The third-order valence-corrected chi connectivity index (χ3v) is 3.01. The second-order valence-corrected chi connectivity index (χ2v) is 4.52. The smallest absolute Gasteiger partial charge is 0.124 e. The van der Waals surface area contributed by atoms with E-state index in [9.17, 15) is 0 Å². The van der Waals surface area contributed by atoms with Gasteiger partial charge in [-0.25, -0.2) is 0 Å². The number of rotatable bonds is 7. The van der Waals surface area contributed by atoms with Gasteiger partial charge in [0.15, 0.2) is 0 Å². The zero-order chi connectivity index (χ0) is 13.4. The molecule has 0 aliphatic carbocycles. The number of aryl methyl sites for hydroxylation is 1. The zero-order valence-corrected chi connectivity index (χ0v) is 11.5. The molecular weight excluding hydrogens is 224 g/mol. The van der Waals surface area contributed by atoms with Crippen LogP contribution in [0.5, 0.6) is 5.75 Å². The molecule has 1 rings (SSSR count). The van der Waals surface area contributed by atoms with Crippen molar-refractivity contribution in [2.75, 3.05) is 13.7 Å². The summed E-state index contributed by atoms with van der Waals surface area (Å²) in [5.74, 6) is 0.953. The molecule has 98 valence electrons. The number of nitrogens with one attached hydrogen (secondary N) is 1. The van der Waals surface area contributed by atoms with E-state index in [1.54, 1.807) is 0 Å². The highest BCUT2D eigenvalue weighted by molar-refractivity contribution is 5.39. The summed E-state index contributed by atoms with van der Waals surface area (Å²) in [6.07, 6.45) is 2.44. The molecule has 1 atom stereocenters. The third-order valence-electron chi connectivity index (χ3n) is 3.01. The maximum Gasteiger partial charge on any atom is 0.124 e. The van der Waals surface area contributed by atoms with Crippen molar-refractivity contribution in [3.63, 3.8) is 0 Å². The fourth-order valence-corrected chi connectivity index (χ4v) is 1.77. The first kappa shape index (κ1) is 14.5. The lowest BCUT2D eigenvalue weighted by Crippen LogP contribution is -2.14. The number of hydrogen-bond donors (Lipinski definition) is 1. The van der Waals surface area contributed by atoms with E-state index in [0.29, 0.717) is 13.0 Å². The van der Waals surface area contributed by atoms with E-state index in [4.69, 9.17) is 10.00 Å². The summed E-state index contributed by atoms with van der Waals surface area (Å²) < 4.78 is 5.84. The van der Waals surface area contributed by atoms with Gasteiger partial charge in [-0.2, -0.15) is 5.26 Å². The average molecular weight is 246 g/mol. The zero-order valence-electron chi connectivity index (χ0n) is 11.5. The summed E-state index contributed by atoms with van der Waals surface area (Å²) in [5, 5.41) is 11.7. The van der Waals surface area contributed by atoms with Gasteiger partial charge in [-0.05, 0) is 45.4 Å². The fraction of sp³-hybridized carbons (Fsp3) is 0.533. The number of nitriles is 1. The highest BCUT2D eigenvalue weighted by Gasteiger charge is 2.09. The minimum atomic E-state index is 0.278. The quantitative estimate of drug-likeness (QED) is 0.750. The third kappa shape index (κ3) is 4.38. The molecule has 1 unspecified atom stereocenters. The normalized spacial score (nSPS) is 11.9. The summed E-state index contributed by atoms with van der Waals surface area (Å²) in [5.41, 5.74) is 2.39. The van der Waals surface area contributed by atoms with Crippen molar-refractivity contribution in [1.82, 2.24) is 5.32 Å². The predicted molar refractivity (Wildman–Crippen MR) is 73.6 cm³/mol. The maximum absolute atomic E-state index is 8.47. The Bertz CT molecular complexity index is 409. The van der Waals surface area contributed by atoms with Crippen molar-refractivity contribution in [2.45, 2.75) is 39.2 Å². The molecule has 0 aromatic heterocycles. The lowest BCUT2D eigenvalue weighted by Gasteiger charge is -2.17. The topological polar surface area (TPSA) is 45.0 Å². The van der Waals surface area contributed by atoms with E-state index in [2.05, 4.69) is 43.4 Å². The van der Waals surface area contributed by atoms with Gasteiger partial charge in [-0.3, -0.25) is 0 Å². The van der Waals surface area contributed by atoms with Crippen LogP contribution in [0.3, 0.4) is 0 Å². The van der Waals surface area contributed by atoms with Crippen LogP contribution in [-0.2, 0) is 0 Å². The van der Waals surface area contributed by atoms with Crippen LogP contribution in [0.4, 0.5) is 0 Å². The predicted octanol–water partition coefficient (Wildman–Crippen LogP) is 3.35. The van der Waals surface area contributed by atoms with Crippen LogP contribution in [0.2, 0.25) is 0 Å². The first-order valence-corrected chi connectivity index (χ1v) is 6.46. The molecule has 1 N–H and O–H groups in total. The Morgan fingerprint density at radius 2 is 2.17 bits per heavy atom. The van der Waals surface area contributed by atoms with Gasteiger partial charge in [0.1, 0.15) is 5.75 Å². The second-order valence-electron chi connectivity index (χ2n) is 4.52. The Morgan fingerprint density at radius 1 is 1.39 bits per heavy atom. The van der Waals surface area contributed by atoms with Gasteiger partial charge in [0, 0.05) is 18.0 Å². The van der Waals surface area contributed by atoms with E-state index >= 15 is 0 Å². The molecule has 3 nitrogen and oxygen atoms in total. The standard InChI is InChI=1S/C15H22N2O/c1-12-7-8-14(13(2)17-3)15(11-12)18-10-6-4-5-9-16/h7-8,11,13,17H,4-6,10H2,1-3H3. The van der Waals surface area contributed by atoms with E-state index in [1.165, 1.54) is 11.1 Å². The summed E-state index contributed by atoms with van der Waals surface area (Å²) >= 11 is 0. The van der Waals surface area contributed by atoms with Gasteiger partial charge < -0.3 is 10.1 Å². The number of unbranched alkanes of at least 4 members (excludes halogenated alkanes) is 2. The van der Waals surface area contributed by atoms with Crippen molar-refractivity contribution >= 4 is 0 Å². The Hall–Kier alpha value is -1.53. The largest absolute Gasteiger partial charge is 0.493 e. The molecule has 0 heterocycles. The molecule has 1 aromatic carbocycles. The van der Waals surface area contributed by atoms with Gasteiger partial charge >= 0.3 is 0 Å². The van der Waals surface area contributed by atoms with Crippen LogP contribution < -0.4 is 10.1 Å². The average Bonchev–Trinajstić information content (AvgIpc) is 2.38. The first-order valence-electron chi connectivity index (χ1n) is 6.46. The highest BCUT2D eigenvalue weighted by atomic mass is 16.5. The lowest BCUT2D eigenvalue weighted by molar-refractivity contribution is 0.302. The molecule has 0 amide bonds. The van der Waals surface area contributed by atoms with Crippen molar-refractivity contribution < 1.29 is 4.74 Å². The summed E-state index contributed by atoms with van der Waals surface area (Å²) in [6.45, 7) is 4.86. The molecule has 0 bridgehead atoms. The van der Waals surface area contributed by atoms with Crippen molar-refractivity contribution in [3.8, 4) is 11.8 Å². The molecule has 0 aliphatic heterocycles. The van der Waals surface area contributed by atoms with Gasteiger partial charge in [-0.15, -0.1) is 0 Å². The van der Waals surface area contributed by atoms with Gasteiger partial charge in [0.25, 0.3) is 0 Å². The number of benzene rings is 1. The van der Waals surface area contributed by atoms with Crippen molar-refractivity contribution in [1.29, 1.82) is 5.26 Å². The number of nitrogens with zero attached hydrogens (tertiary/aromatic N) is 1. The molecule has 3 heteroatoms. The van der Waals surface area contributed by atoms with Crippen LogP contribution >= 0.6 is 0 Å². The SMILES string of the molecule is CNC(C)c1ccc(C)cc1OCCCCC#N. The van der Waals surface area contributed by atoms with Gasteiger partial charge in [0.2, 0.25) is 0 Å². The fourth-order valence-electron chi connectivity index (χ4n) is 1.77. The number of ether oxygens (including phenoxy) is 1. The van der Waals surface area contributed by atoms with Gasteiger partial charge in [0.05, 0.1) is 12.7 Å². The first-order chi connectivity index (χ1) is 8.69. The molecule has 0 saturated carbocycles. The van der Waals surface area contributed by atoms with Crippen molar-refractivity contribution in [3.05, 3.63) is 29.3 Å². The number of hydrogen-bond acceptors (Lipinski definition) is 3. The molecule has 0 saturated heterocycles. The molecule has 1 aromatic rings. The Kier molecular flexibility index (Phi) is 6.24. The molecule has 0 aliphatic rings. The van der Waals surface area contributed by atoms with Crippen LogP contribution in [0.25, 0.3) is 0 Å². The van der Waals surface area contributed by atoms with Crippen molar-refractivity contribution in [2.24, 2.45) is 0 Å². The van der Waals surface area contributed by atoms with E-state index in [-0.39, 0.29) is 6.04 Å². The van der Waals surface area contributed by atoms with E-state index in [1.807, 2.05) is 7.05 Å². The monoisotopic (exact) mass is 246 g/mol. The summed E-state index contributed by atoms with van der Waals surface area (Å²) in [4.78, 5) is 0. The van der Waals surface area contributed by atoms with Crippen LogP contribution in [0.1, 0.15) is 43.4 Å². The Morgan fingerprint density at radius 3 is 2.83 bits per heavy atom. The molecule has 0 spiro atoms. The molecule has 0 radical (unpaired) electrons. The summed E-state index contributed by atoms with van der Waals surface area (Å²) in [6, 6.07) is 8.72. The minimum absolute atomic E-state index is 0.278. The second kappa shape index (κ2) is 7.73. The van der Waals surface area contributed by atoms with E-state index in [0.717, 1.165) is 18.6 Å². The maximum atomic E-state index is 8.47. The van der Waals surface area contributed by atoms with Gasteiger partial charge in [-0.1, -0.05) is 12.1 Å². The van der Waals surface area contributed by atoms with Crippen LogP contribution in [0, 0.1) is 18.3 Å². The minimum Gasteiger partial charge on any atom is -0.493 e. The highest BCUT2D eigenvalue weighted by Crippen LogP contribution is 2.26. The summed E-state index contributed by atoms with van der Waals surface area (Å²) in [7, 11) is 1.95. The molecule has 0 fully saturated rings.